The summed E-state index contributed by atoms with van der Waals surface area (Å²) in [5, 5.41) is 3.92. The van der Waals surface area contributed by atoms with Gasteiger partial charge in [0.2, 0.25) is 5.95 Å². The molecule has 1 N–H and O–H groups in total. The SMILES string of the molecule is Clc1cccc(Nc2ccnc(N3CCOCC3)n2)c1. The first-order chi connectivity index (χ1) is 9.81. The summed E-state index contributed by atoms with van der Waals surface area (Å²) in [4.78, 5) is 11.0. The third-order valence-corrected chi connectivity index (χ3v) is 3.27. The van der Waals surface area contributed by atoms with Crippen molar-refractivity contribution in [3.05, 3.63) is 41.6 Å². The first kappa shape index (κ1) is 13.1. The molecule has 0 aliphatic carbocycles. The minimum atomic E-state index is 0.692. The number of ether oxygens (including phenoxy) is 1. The van der Waals surface area contributed by atoms with Crippen molar-refractivity contribution in [1.29, 1.82) is 0 Å². The van der Waals surface area contributed by atoms with E-state index in [0.717, 1.165) is 43.8 Å². The molecule has 104 valence electrons. The fraction of sp³-hybridized carbons (Fsp3) is 0.286. The van der Waals surface area contributed by atoms with E-state index in [2.05, 4.69) is 20.2 Å². The van der Waals surface area contributed by atoms with Crippen LogP contribution in [0.1, 0.15) is 0 Å². The van der Waals surface area contributed by atoms with E-state index < -0.39 is 0 Å². The summed E-state index contributed by atoms with van der Waals surface area (Å²) in [5.74, 6) is 1.48. The van der Waals surface area contributed by atoms with Gasteiger partial charge in [0.15, 0.2) is 0 Å². The summed E-state index contributed by atoms with van der Waals surface area (Å²) < 4.78 is 5.33. The van der Waals surface area contributed by atoms with Crippen LogP contribution in [0.3, 0.4) is 0 Å². The molecule has 0 radical (unpaired) electrons. The van der Waals surface area contributed by atoms with Gasteiger partial charge >= 0.3 is 0 Å². The van der Waals surface area contributed by atoms with Crippen LogP contribution in [0.4, 0.5) is 17.5 Å². The molecule has 0 unspecified atom stereocenters. The monoisotopic (exact) mass is 290 g/mol. The van der Waals surface area contributed by atoms with Crippen LogP contribution in [-0.4, -0.2) is 36.3 Å². The number of rotatable bonds is 3. The molecule has 1 aliphatic rings. The Morgan fingerprint density at radius 3 is 2.85 bits per heavy atom. The zero-order valence-corrected chi connectivity index (χ0v) is 11.7. The molecule has 2 aromatic rings. The van der Waals surface area contributed by atoms with E-state index in [1.807, 2.05) is 30.3 Å². The summed E-state index contributed by atoms with van der Waals surface area (Å²) in [6.45, 7) is 3.08. The lowest BCUT2D eigenvalue weighted by Crippen LogP contribution is -2.37. The second-order valence-corrected chi connectivity index (χ2v) is 4.91. The van der Waals surface area contributed by atoms with Gasteiger partial charge in [0.05, 0.1) is 13.2 Å². The normalized spacial score (nSPS) is 15.2. The van der Waals surface area contributed by atoms with Crippen molar-refractivity contribution in [2.24, 2.45) is 0 Å². The lowest BCUT2D eigenvalue weighted by atomic mass is 10.3. The topological polar surface area (TPSA) is 50.3 Å². The molecule has 20 heavy (non-hydrogen) atoms. The van der Waals surface area contributed by atoms with Gasteiger partial charge in [0, 0.05) is 30.0 Å². The number of hydrogen-bond acceptors (Lipinski definition) is 5. The van der Waals surface area contributed by atoms with Gasteiger partial charge in [-0.15, -0.1) is 0 Å². The van der Waals surface area contributed by atoms with Crippen molar-refractivity contribution in [3.8, 4) is 0 Å². The van der Waals surface area contributed by atoms with Crippen LogP contribution in [-0.2, 0) is 4.74 Å². The maximum absolute atomic E-state index is 5.97. The van der Waals surface area contributed by atoms with E-state index in [0.29, 0.717) is 5.02 Å². The van der Waals surface area contributed by atoms with Crippen molar-refractivity contribution in [2.45, 2.75) is 0 Å². The molecule has 5 nitrogen and oxygen atoms in total. The van der Waals surface area contributed by atoms with E-state index in [1.165, 1.54) is 0 Å². The zero-order valence-electron chi connectivity index (χ0n) is 10.9. The maximum Gasteiger partial charge on any atom is 0.227 e. The third-order valence-electron chi connectivity index (χ3n) is 3.03. The highest BCUT2D eigenvalue weighted by Crippen LogP contribution is 2.20. The predicted octanol–water partition coefficient (Wildman–Crippen LogP) is 2.71. The first-order valence-corrected chi connectivity index (χ1v) is 6.87. The minimum Gasteiger partial charge on any atom is -0.378 e. The zero-order chi connectivity index (χ0) is 13.8. The number of nitrogens with zero attached hydrogens (tertiary/aromatic N) is 3. The van der Waals surface area contributed by atoms with Crippen LogP contribution in [0.15, 0.2) is 36.5 Å². The molecule has 0 spiro atoms. The van der Waals surface area contributed by atoms with Crippen molar-refractivity contribution in [1.82, 2.24) is 9.97 Å². The molecule has 3 rings (SSSR count). The van der Waals surface area contributed by atoms with Crippen LogP contribution in [0, 0.1) is 0 Å². The molecule has 1 saturated heterocycles. The summed E-state index contributed by atoms with van der Waals surface area (Å²) in [5.41, 5.74) is 0.907. The Labute approximate surface area is 122 Å². The highest BCUT2D eigenvalue weighted by Gasteiger charge is 2.13. The molecule has 1 aliphatic heterocycles. The number of hydrogen-bond donors (Lipinski definition) is 1. The van der Waals surface area contributed by atoms with Crippen molar-refractivity contribution in [2.75, 3.05) is 36.5 Å². The van der Waals surface area contributed by atoms with E-state index in [4.69, 9.17) is 16.3 Å². The van der Waals surface area contributed by atoms with E-state index in [9.17, 15) is 0 Å². The van der Waals surface area contributed by atoms with Gasteiger partial charge in [-0.25, -0.2) is 4.98 Å². The standard InChI is InChI=1S/C14H15ClN4O/c15-11-2-1-3-12(10-11)17-13-4-5-16-14(18-13)19-6-8-20-9-7-19/h1-5,10H,6-9H2,(H,16,17,18). The summed E-state index contributed by atoms with van der Waals surface area (Å²) >= 11 is 5.97. The van der Waals surface area contributed by atoms with Crippen molar-refractivity contribution < 1.29 is 4.74 Å². The van der Waals surface area contributed by atoms with Gasteiger partial charge < -0.3 is 15.0 Å². The Morgan fingerprint density at radius 1 is 1.20 bits per heavy atom. The average molecular weight is 291 g/mol. The van der Waals surface area contributed by atoms with Crippen LogP contribution in [0.25, 0.3) is 0 Å². The van der Waals surface area contributed by atoms with E-state index >= 15 is 0 Å². The molecule has 1 fully saturated rings. The molecule has 2 heterocycles. The molecule has 0 bridgehead atoms. The molecule has 0 amide bonds. The molecular formula is C14H15ClN4O. The fourth-order valence-corrected chi connectivity index (χ4v) is 2.24. The first-order valence-electron chi connectivity index (χ1n) is 6.49. The van der Waals surface area contributed by atoms with Crippen molar-refractivity contribution >= 4 is 29.1 Å². The molecule has 0 atom stereocenters. The highest BCUT2D eigenvalue weighted by molar-refractivity contribution is 6.30. The number of anilines is 3. The maximum atomic E-state index is 5.97. The van der Waals surface area contributed by atoms with Gasteiger partial charge in [0.25, 0.3) is 0 Å². The number of morpholine rings is 1. The fourth-order valence-electron chi connectivity index (χ4n) is 2.05. The van der Waals surface area contributed by atoms with E-state index in [-0.39, 0.29) is 0 Å². The number of nitrogens with one attached hydrogen (secondary N) is 1. The Kier molecular flexibility index (Phi) is 3.99. The van der Waals surface area contributed by atoms with E-state index in [1.54, 1.807) is 6.20 Å². The summed E-state index contributed by atoms with van der Waals surface area (Å²) in [6.07, 6.45) is 1.75. The number of aromatic nitrogens is 2. The predicted molar refractivity (Wildman–Crippen MR) is 79.8 cm³/mol. The minimum absolute atomic E-state index is 0.692. The number of benzene rings is 1. The lowest BCUT2D eigenvalue weighted by Gasteiger charge is -2.26. The Balaban J connectivity index is 1.77. The van der Waals surface area contributed by atoms with Gasteiger partial charge in [-0.2, -0.15) is 4.98 Å². The Bertz CT molecular complexity index is 587. The third kappa shape index (κ3) is 3.18. The lowest BCUT2D eigenvalue weighted by molar-refractivity contribution is 0.122. The molecule has 1 aromatic carbocycles. The average Bonchev–Trinajstić information content (AvgIpc) is 2.48. The second kappa shape index (κ2) is 6.07. The molecule has 1 aromatic heterocycles. The van der Waals surface area contributed by atoms with Gasteiger partial charge in [0.1, 0.15) is 5.82 Å². The summed E-state index contributed by atoms with van der Waals surface area (Å²) in [7, 11) is 0. The van der Waals surface area contributed by atoms with Crippen LogP contribution in [0.5, 0.6) is 0 Å². The summed E-state index contributed by atoms with van der Waals surface area (Å²) in [6, 6.07) is 9.38. The Morgan fingerprint density at radius 2 is 2.05 bits per heavy atom. The van der Waals surface area contributed by atoms with Crippen LogP contribution >= 0.6 is 11.6 Å². The molecule has 6 heteroatoms. The van der Waals surface area contributed by atoms with Crippen molar-refractivity contribution in [3.63, 3.8) is 0 Å². The Hall–Kier alpha value is -1.85. The second-order valence-electron chi connectivity index (χ2n) is 4.48. The smallest absolute Gasteiger partial charge is 0.227 e. The van der Waals surface area contributed by atoms with Crippen LogP contribution < -0.4 is 10.2 Å². The van der Waals surface area contributed by atoms with Crippen LogP contribution in [0.2, 0.25) is 5.02 Å². The molecule has 0 saturated carbocycles. The van der Waals surface area contributed by atoms with Gasteiger partial charge in [-0.05, 0) is 24.3 Å². The molecular weight excluding hydrogens is 276 g/mol. The number of halogens is 1. The quantitative estimate of drug-likeness (QED) is 0.942. The van der Waals surface area contributed by atoms with Gasteiger partial charge in [-0.3, -0.25) is 0 Å². The van der Waals surface area contributed by atoms with Gasteiger partial charge in [-0.1, -0.05) is 17.7 Å². The highest BCUT2D eigenvalue weighted by atomic mass is 35.5. The largest absolute Gasteiger partial charge is 0.378 e.